The van der Waals surface area contributed by atoms with E-state index >= 15 is 0 Å². The van der Waals surface area contributed by atoms with Crippen LogP contribution in [0.3, 0.4) is 0 Å². The summed E-state index contributed by atoms with van der Waals surface area (Å²) in [6.45, 7) is 4.70. The molecule has 1 fully saturated rings. The van der Waals surface area contributed by atoms with Crippen LogP contribution in [0.2, 0.25) is 0 Å². The van der Waals surface area contributed by atoms with Crippen molar-refractivity contribution in [2.24, 2.45) is 17.8 Å². The van der Waals surface area contributed by atoms with Crippen molar-refractivity contribution < 1.29 is 9.13 Å². The minimum Gasteiger partial charge on any atom is -0.491 e. The summed E-state index contributed by atoms with van der Waals surface area (Å²) in [5.74, 6) is 3.08. The minimum atomic E-state index is -0.229. The van der Waals surface area contributed by atoms with Gasteiger partial charge < -0.3 is 4.74 Å². The zero-order chi connectivity index (χ0) is 22.6. The molecule has 1 unspecified atom stereocenters. The summed E-state index contributed by atoms with van der Waals surface area (Å²) in [5, 5.41) is 0. The van der Waals surface area contributed by atoms with Gasteiger partial charge in [-0.25, -0.2) is 4.39 Å². The van der Waals surface area contributed by atoms with Crippen LogP contribution < -0.4 is 4.74 Å². The summed E-state index contributed by atoms with van der Waals surface area (Å²) in [7, 11) is 0. The number of rotatable bonds is 13. The first-order chi connectivity index (χ1) is 15.7. The highest BCUT2D eigenvalue weighted by Gasteiger charge is 2.22. The maximum absolute atomic E-state index is 14.1. The van der Waals surface area contributed by atoms with Crippen LogP contribution in [-0.4, -0.2) is 6.61 Å². The molecule has 2 aliphatic rings. The van der Waals surface area contributed by atoms with E-state index in [-0.39, 0.29) is 5.82 Å². The first-order valence-corrected chi connectivity index (χ1v) is 13.8. The molecule has 1 atom stereocenters. The maximum atomic E-state index is 14.1. The van der Waals surface area contributed by atoms with Gasteiger partial charge in [-0.2, -0.15) is 0 Å². The van der Waals surface area contributed by atoms with Crippen molar-refractivity contribution in [3.8, 4) is 5.75 Å². The molecule has 1 aromatic rings. The van der Waals surface area contributed by atoms with Gasteiger partial charge in [-0.15, -0.1) is 0 Å². The third kappa shape index (κ3) is 8.56. The summed E-state index contributed by atoms with van der Waals surface area (Å²) in [6, 6.07) is 5.44. The quantitative estimate of drug-likeness (QED) is 0.218. The van der Waals surface area contributed by atoms with E-state index in [4.69, 9.17) is 4.74 Å². The monoisotopic (exact) mass is 442 g/mol. The van der Waals surface area contributed by atoms with Gasteiger partial charge in [0.1, 0.15) is 0 Å². The number of hydrogen-bond donors (Lipinski definition) is 0. The van der Waals surface area contributed by atoms with E-state index in [1.54, 1.807) is 17.7 Å². The second kappa shape index (κ2) is 14.1. The van der Waals surface area contributed by atoms with Gasteiger partial charge in [0.05, 0.1) is 6.61 Å². The van der Waals surface area contributed by atoms with Crippen molar-refractivity contribution in [1.29, 1.82) is 0 Å². The van der Waals surface area contributed by atoms with E-state index in [1.165, 1.54) is 89.9 Å². The normalized spacial score (nSPS) is 23.7. The van der Waals surface area contributed by atoms with Crippen LogP contribution in [0.5, 0.6) is 5.75 Å². The third-order valence-corrected chi connectivity index (χ3v) is 8.06. The van der Waals surface area contributed by atoms with Gasteiger partial charge in [0.2, 0.25) is 0 Å². The second-order valence-corrected chi connectivity index (χ2v) is 10.5. The Morgan fingerprint density at radius 2 is 1.59 bits per heavy atom. The highest BCUT2D eigenvalue weighted by Crippen LogP contribution is 2.37. The first kappa shape index (κ1) is 25.3. The Kier molecular flexibility index (Phi) is 11.1. The lowest BCUT2D eigenvalue weighted by Crippen LogP contribution is -2.16. The Balaban J connectivity index is 1.29. The number of benzene rings is 1. The van der Waals surface area contributed by atoms with Crippen LogP contribution in [0.15, 0.2) is 29.8 Å². The lowest BCUT2D eigenvalue weighted by Gasteiger charge is -2.30. The molecule has 1 aromatic carbocycles. The zero-order valence-electron chi connectivity index (χ0n) is 20.8. The molecule has 2 heteroatoms. The molecule has 32 heavy (non-hydrogen) atoms. The number of unbranched alkanes of at least 4 members (excludes halogenated alkanes) is 3. The van der Waals surface area contributed by atoms with E-state index in [9.17, 15) is 4.39 Å². The van der Waals surface area contributed by atoms with E-state index < -0.39 is 0 Å². The minimum absolute atomic E-state index is 0.229. The Morgan fingerprint density at radius 1 is 0.844 bits per heavy atom. The molecular formula is C30H47FO. The molecule has 1 saturated carbocycles. The molecule has 0 aliphatic heterocycles. The SMILES string of the molecule is CCCCCCC1CCC(CCC2CC=C(CCc3ccc(OCC)c(F)c3)CC2)CC1. The van der Waals surface area contributed by atoms with Crippen molar-refractivity contribution in [3.63, 3.8) is 0 Å². The average Bonchev–Trinajstić information content (AvgIpc) is 2.82. The van der Waals surface area contributed by atoms with E-state index in [0.29, 0.717) is 12.4 Å². The fourth-order valence-electron chi connectivity index (χ4n) is 5.85. The standard InChI is InChI=1S/C30H47FO/c1-3-5-6-7-8-24-9-11-25(12-10-24)13-14-26-15-17-27(18-16-26)19-20-28-21-22-30(32-4-2)29(31)23-28/h17,21-26H,3-16,18-20H2,1-2H3. The summed E-state index contributed by atoms with van der Waals surface area (Å²) in [4.78, 5) is 0. The fraction of sp³-hybridized carbons (Fsp3) is 0.733. The Bertz CT molecular complexity index is 686. The van der Waals surface area contributed by atoms with Crippen LogP contribution in [0.25, 0.3) is 0 Å². The predicted octanol–water partition coefficient (Wildman–Crippen LogP) is 9.44. The number of ether oxygens (including phenoxy) is 1. The average molecular weight is 443 g/mol. The molecule has 0 heterocycles. The lowest BCUT2D eigenvalue weighted by atomic mass is 9.76. The Labute approximate surface area is 197 Å². The van der Waals surface area contributed by atoms with Crippen molar-refractivity contribution in [1.82, 2.24) is 0 Å². The van der Waals surface area contributed by atoms with Gasteiger partial charge in [-0.3, -0.25) is 0 Å². The molecule has 0 N–H and O–H groups in total. The summed E-state index contributed by atoms with van der Waals surface area (Å²) < 4.78 is 19.4. The van der Waals surface area contributed by atoms with Crippen molar-refractivity contribution in [2.45, 2.75) is 117 Å². The Morgan fingerprint density at radius 3 is 2.25 bits per heavy atom. The molecule has 0 aromatic heterocycles. The largest absolute Gasteiger partial charge is 0.491 e. The van der Waals surface area contributed by atoms with Gasteiger partial charge in [0.25, 0.3) is 0 Å². The van der Waals surface area contributed by atoms with Crippen LogP contribution in [-0.2, 0) is 6.42 Å². The van der Waals surface area contributed by atoms with E-state index in [0.717, 1.165) is 36.2 Å². The number of aryl methyl sites for hydroxylation is 1. The van der Waals surface area contributed by atoms with Crippen molar-refractivity contribution in [3.05, 3.63) is 41.2 Å². The van der Waals surface area contributed by atoms with Crippen LogP contribution in [0.1, 0.15) is 116 Å². The van der Waals surface area contributed by atoms with Crippen molar-refractivity contribution in [2.75, 3.05) is 6.61 Å². The van der Waals surface area contributed by atoms with Crippen LogP contribution in [0, 0.1) is 23.6 Å². The molecule has 3 rings (SSSR count). The maximum Gasteiger partial charge on any atom is 0.165 e. The summed E-state index contributed by atoms with van der Waals surface area (Å²) in [6.07, 6.45) is 24.4. The highest BCUT2D eigenvalue weighted by atomic mass is 19.1. The third-order valence-electron chi connectivity index (χ3n) is 8.06. The Hall–Kier alpha value is -1.31. The van der Waals surface area contributed by atoms with Gasteiger partial charge in [-0.05, 0) is 80.9 Å². The summed E-state index contributed by atoms with van der Waals surface area (Å²) in [5.41, 5.74) is 2.66. The van der Waals surface area contributed by atoms with Crippen LogP contribution >= 0.6 is 0 Å². The number of halogens is 1. The van der Waals surface area contributed by atoms with E-state index in [1.807, 2.05) is 13.0 Å². The summed E-state index contributed by atoms with van der Waals surface area (Å²) >= 11 is 0. The number of hydrogen-bond acceptors (Lipinski definition) is 1. The molecule has 0 radical (unpaired) electrons. The molecule has 0 amide bonds. The van der Waals surface area contributed by atoms with Gasteiger partial charge in [0.15, 0.2) is 11.6 Å². The van der Waals surface area contributed by atoms with Crippen LogP contribution in [0.4, 0.5) is 4.39 Å². The molecule has 0 saturated heterocycles. The fourth-order valence-corrected chi connectivity index (χ4v) is 5.85. The zero-order valence-corrected chi connectivity index (χ0v) is 20.8. The molecular weight excluding hydrogens is 395 g/mol. The van der Waals surface area contributed by atoms with Crippen molar-refractivity contribution >= 4 is 0 Å². The van der Waals surface area contributed by atoms with Gasteiger partial charge in [-0.1, -0.05) is 88.8 Å². The highest BCUT2D eigenvalue weighted by molar-refractivity contribution is 5.30. The molecule has 2 aliphatic carbocycles. The molecule has 0 spiro atoms. The first-order valence-electron chi connectivity index (χ1n) is 13.8. The molecule has 180 valence electrons. The smallest absolute Gasteiger partial charge is 0.165 e. The van der Waals surface area contributed by atoms with E-state index in [2.05, 4.69) is 13.0 Å². The van der Waals surface area contributed by atoms with Gasteiger partial charge >= 0.3 is 0 Å². The number of allylic oxidation sites excluding steroid dienone is 2. The topological polar surface area (TPSA) is 9.23 Å². The molecule has 0 bridgehead atoms. The lowest BCUT2D eigenvalue weighted by molar-refractivity contribution is 0.234. The van der Waals surface area contributed by atoms with Gasteiger partial charge in [0, 0.05) is 0 Å². The second-order valence-electron chi connectivity index (χ2n) is 10.5. The predicted molar refractivity (Wildman–Crippen MR) is 135 cm³/mol. The molecule has 1 nitrogen and oxygen atoms in total.